The minimum atomic E-state index is -0.703. The van der Waals surface area contributed by atoms with Crippen molar-refractivity contribution in [3.63, 3.8) is 0 Å². The number of ketones is 1. The number of Topliss-reactive ketones (excluding diaryl/α,β-unsaturated/α-hetero) is 1. The maximum Gasteiger partial charge on any atom is 0.237 e. The summed E-state index contributed by atoms with van der Waals surface area (Å²) in [5, 5.41) is 2.94. The van der Waals surface area contributed by atoms with Crippen LogP contribution in [0.25, 0.3) is 0 Å². The largest absolute Gasteiger partial charge is 0.341 e. The first-order chi connectivity index (χ1) is 10.6. The third-order valence-electron chi connectivity index (χ3n) is 5.02. The van der Waals surface area contributed by atoms with Gasteiger partial charge in [-0.3, -0.25) is 14.4 Å². The van der Waals surface area contributed by atoms with Crippen LogP contribution < -0.4 is 5.32 Å². The van der Waals surface area contributed by atoms with E-state index in [2.05, 4.69) is 5.32 Å². The van der Waals surface area contributed by atoms with Crippen molar-refractivity contribution in [2.24, 2.45) is 0 Å². The highest BCUT2D eigenvalue weighted by molar-refractivity contribution is 6.07. The molecule has 1 N–H and O–H groups in total. The van der Waals surface area contributed by atoms with Gasteiger partial charge in [-0.2, -0.15) is 0 Å². The van der Waals surface area contributed by atoms with E-state index in [1.165, 1.54) is 0 Å². The molecule has 2 atom stereocenters. The lowest BCUT2D eigenvalue weighted by atomic mass is 9.73. The molecule has 1 aromatic carbocycles. The van der Waals surface area contributed by atoms with Crippen molar-refractivity contribution < 1.29 is 14.4 Å². The number of carbonyl (C=O) groups excluding carboxylic acids is 3. The Kier molecular flexibility index (Phi) is 3.72. The highest BCUT2D eigenvalue weighted by Crippen LogP contribution is 2.48. The second-order valence-electron chi connectivity index (χ2n) is 6.01. The number of nitrogens with zero attached hydrogens (tertiary/aromatic N) is 1. The number of carbonyl (C=O) groups is 3. The van der Waals surface area contributed by atoms with Crippen molar-refractivity contribution >= 4 is 23.8 Å². The van der Waals surface area contributed by atoms with Gasteiger partial charge in [0.25, 0.3) is 0 Å². The van der Waals surface area contributed by atoms with Crippen LogP contribution in [0.3, 0.4) is 0 Å². The molecule has 2 aliphatic rings. The Hall–Kier alpha value is -2.17. The van der Waals surface area contributed by atoms with Gasteiger partial charge >= 0.3 is 0 Å². The third kappa shape index (κ3) is 2.03. The van der Waals surface area contributed by atoms with E-state index in [0.717, 1.165) is 17.7 Å². The SMILES string of the molecule is CCC(=O)CC[C@@H]1N(C=O)CC[C@@]12C(=O)Nc1ccccc12. The van der Waals surface area contributed by atoms with Crippen molar-refractivity contribution in [3.05, 3.63) is 29.8 Å². The molecule has 1 aromatic rings. The monoisotopic (exact) mass is 300 g/mol. The van der Waals surface area contributed by atoms with Crippen LogP contribution in [-0.2, 0) is 19.8 Å². The molecular formula is C17H20N2O3. The molecule has 1 saturated heterocycles. The topological polar surface area (TPSA) is 66.5 Å². The van der Waals surface area contributed by atoms with E-state index in [4.69, 9.17) is 0 Å². The quantitative estimate of drug-likeness (QED) is 0.844. The molecule has 5 nitrogen and oxygen atoms in total. The maximum absolute atomic E-state index is 12.7. The van der Waals surface area contributed by atoms with E-state index in [-0.39, 0.29) is 17.7 Å². The van der Waals surface area contributed by atoms with Crippen LogP contribution in [-0.4, -0.2) is 35.6 Å². The van der Waals surface area contributed by atoms with Gasteiger partial charge < -0.3 is 10.2 Å². The van der Waals surface area contributed by atoms with Crippen LogP contribution in [0, 0.1) is 0 Å². The molecule has 0 aromatic heterocycles. The van der Waals surface area contributed by atoms with Crippen LogP contribution in [0.5, 0.6) is 0 Å². The second kappa shape index (κ2) is 5.55. The average molecular weight is 300 g/mol. The fraction of sp³-hybridized carbons (Fsp3) is 0.471. The summed E-state index contributed by atoms with van der Waals surface area (Å²) in [6.07, 6.45) is 2.85. The zero-order valence-corrected chi connectivity index (χ0v) is 12.7. The summed E-state index contributed by atoms with van der Waals surface area (Å²) < 4.78 is 0. The van der Waals surface area contributed by atoms with Gasteiger partial charge in [-0.1, -0.05) is 25.1 Å². The highest BCUT2D eigenvalue weighted by Gasteiger charge is 2.57. The summed E-state index contributed by atoms with van der Waals surface area (Å²) in [7, 11) is 0. The number of nitrogens with one attached hydrogen (secondary N) is 1. The summed E-state index contributed by atoms with van der Waals surface area (Å²) in [4.78, 5) is 37.5. The average Bonchev–Trinajstić information content (AvgIpc) is 3.05. The Morgan fingerprint density at radius 2 is 2.23 bits per heavy atom. The molecule has 0 radical (unpaired) electrons. The normalized spacial score (nSPS) is 26.1. The minimum Gasteiger partial charge on any atom is -0.341 e. The molecule has 2 amide bonds. The van der Waals surface area contributed by atoms with E-state index >= 15 is 0 Å². The van der Waals surface area contributed by atoms with E-state index in [9.17, 15) is 14.4 Å². The molecule has 0 bridgehead atoms. The van der Waals surface area contributed by atoms with Crippen molar-refractivity contribution in [1.82, 2.24) is 4.90 Å². The van der Waals surface area contributed by atoms with Crippen molar-refractivity contribution in [1.29, 1.82) is 0 Å². The van der Waals surface area contributed by atoms with Gasteiger partial charge in [0, 0.05) is 25.1 Å². The predicted molar refractivity (Wildman–Crippen MR) is 82.5 cm³/mol. The number of rotatable bonds is 5. The summed E-state index contributed by atoms with van der Waals surface area (Å²) in [5.41, 5.74) is 1.08. The molecular weight excluding hydrogens is 280 g/mol. The van der Waals surface area contributed by atoms with Gasteiger partial charge in [0.1, 0.15) is 5.78 Å². The van der Waals surface area contributed by atoms with Gasteiger partial charge in [0.05, 0.1) is 11.5 Å². The third-order valence-corrected chi connectivity index (χ3v) is 5.02. The highest BCUT2D eigenvalue weighted by atomic mass is 16.2. The van der Waals surface area contributed by atoms with Crippen LogP contribution in [0.15, 0.2) is 24.3 Å². The number of para-hydroxylation sites is 1. The van der Waals surface area contributed by atoms with Gasteiger partial charge in [0.15, 0.2) is 0 Å². The summed E-state index contributed by atoms with van der Waals surface area (Å²) in [5.74, 6) is 0.117. The smallest absolute Gasteiger partial charge is 0.237 e. The fourth-order valence-corrected chi connectivity index (χ4v) is 3.84. The number of fused-ring (bicyclic) bond motifs is 2. The first kappa shape index (κ1) is 14.8. The Labute approximate surface area is 129 Å². The zero-order valence-electron chi connectivity index (χ0n) is 12.7. The molecule has 5 heteroatoms. The van der Waals surface area contributed by atoms with E-state index in [0.29, 0.717) is 32.2 Å². The molecule has 1 spiro atoms. The minimum absolute atomic E-state index is 0.0491. The zero-order chi connectivity index (χ0) is 15.7. The van der Waals surface area contributed by atoms with Gasteiger partial charge in [0.2, 0.25) is 12.3 Å². The van der Waals surface area contributed by atoms with Crippen molar-refractivity contribution in [3.8, 4) is 0 Å². The fourth-order valence-electron chi connectivity index (χ4n) is 3.84. The number of benzene rings is 1. The molecule has 116 valence electrons. The number of amides is 2. The Morgan fingerprint density at radius 1 is 1.45 bits per heavy atom. The second-order valence-corrected chi connectivity index (χ2v) is 6.01. The molecule has 0 aliphatic carbocycles. The Balaban J connectivity index is 1.98. The lowest BCUT2D eigenvalue weighted by molar-refractivity contribution is -0.125. The number of hydrogen-bond acceptors (Lipinski definition) is 3. The maximum atomic E-state index is 12.7. The molecule has 1 fully saturated rings. The lowest BCUT2D eigenvalue weighted by Crippen LogP contribution is -2.47. The summed E-state index contributed by atoms with van der Waals surface area (Å²) in [6, 6.07) is 7.40. The molecule has 2 heterocycles. The van der Waals surface area contributed by atoms with Crippen LogP contribution in [0.4, 0.5) is 5.69 Å². The molecule has 2 aliphatic heterocycles. The molecule has 3 rings (SSSR count). The number of hydrogen-bond donors (Lipinski definition) is 1. The summed E-state index contributed by atoms with van der Waals surface area (Å²) in [6.45, 7) is 2.39. The standard InChI is InChI=1S/C17H20N2O3/c1-2-12(21)7-8-15-17(9-10-19(15)11-20)13-5-3-4-6-14(13)18-16(17)22/h3-6,11,15H,2,7-10H2,1H3,(H,18,22)/t15-,17-/m0/s1. The van der Waals surface area contributed by atoms with E-state index in [1.807, 2.05) is 31.2 Å². The van der Waals surface area contributed by atoms with E-state index in [1.54, 1.807) is 4.90 Å². The Bertz CT molecular complexity index is 628. The molecule has 0 unspecified atom stereocenters. The van der Waals surface area contributed by atoms with Crippen molar-refractivity contribution in [2.75, 3.05) is 11.9 Å². The Morgan fingerprint density at radius 3 is 2.95 bits per heavy atom. The lowest BCUT2D eigenvalue weighted by Gasteiger charge is -2.32. The summed E-state index contributed by atoms with van der Waals surface area (Å²) >= 11 is 0. The van der Waals surface area contributed by atoms with Crippen LogP contribution >= 0.6 is 0 Å². The van der Waals surface area contributed by atoms with Gasteiger partial charge in [-0.05, 0) is 24.5 Å². The molecule has 0 saturated carbocycles. The number of anilines is 1. The first-order valence-corrected chi connectivity index (χ1v) is 7.77. The predicted octanol–water partition coefficient (Wildman–Crippen LogP) is 1.87. The first-order valence-electron chi connectivity index (χ1n) is 7.77. The number of likely N-dealkylation sites (tertiary alicyclic amines) is 1. The van der Waals surface area contributed by atoms with Gasteiger partial charge in [-0.25, -0.2) is 0 Å². The van der Waals surface area contributed by atoms with Crippen molar-refractivity contribution in [2.45, 2.75) is 44.1 Å². The van der Waals surface area contributed by atoms with Crippen LogP contribution in [0.2, 0.25) is 0 Å². The van der Waals surface area contributed by atoms with E-state index < -0.39 is 5.41 Å². The molecule has 22 heavy (non-hydrogen) atoms. The van der Waals surface area contributed by atoms with Gasteiger partial charge in [-0.15, -0.1) is 0 Å². The van der Waals surface area contributed by atoms with Crippen LogP contribution in [0.1, 0.15) is 38.2 Å².